The summed E-state index contributed by atoms with van der Waals surface area (Å²) in [7, 11) is 0. The van der Waals surface area contributed by atoms with Gasteiger partial charge in [-0.3, -0.25) is 24.2 Å². The van der Waals surface area contributed by atoms with Gasteiger partial charge in [-0.05, 0) is 31.2 Å². The molecule has 3 amide bonds. The zero-order valence-corrected chi connectivity index (χ0v) is 16.3. The first-order valence-corrected chi connectivity index (χ1v) is 10.5. The fourth-order valence-corrected chi connectivity index (χ4v) is 4.88. The highest BCUT2D eigenvalue weighted by Gasteiger charge is 2.48. The summed E-state index contributed by atoms with van der Waals surface area (Å²) in [5.74, 6) is -0.850. The number of nitrogens with zero attached hydrogens (tertiary/aromatic N) is 2. The van der Waals surface area contributed by atoms with Crippen LogP contribution in [0.3, 0.4) is 0 Å². The number of benzene rings is 1. The average Bonchev–Trinajstić information content (AvgIpc) is 2.95. The van der Waals surface area contributed by atoms with Crippen molar-refractivity contribution in [1.82, 2.24) is 15.1 Å². The second-order valence-electron chi connectivity index (χ2n) is 8.36. The first kappa shape index (κ1) is 19.1. The first-order chi connectivity index (χ1) is 13.6. The van der Waals surface area contributed by atoms with Crippen molar-refractivity contribution in [3.63, 3.8) is 0 Å². The molecule has 150 valence electrons. The van der Waals surface area contributed by atoms with Crippen molar-refractivity contribution in [2.75, 3.05) is 19.6 Å². The first-order valence-electron chi connectivity index (χ1n) is 10.5. The van der Waals surface area contributed by atoms with Crippen LogP contribution in [0.5, 0.6) is 0 Å². The predicted octanol–water partition coefficient (Wildman–Crippen LogP) is 1.94. The second kappa shape index (κ2) is 8.43. The highest BCUT2D eigenvalue weighted by atomic mass is 16.2. The monoisotopic (exact) mass is 383 g/mol. The maximum atomic E-state index is 12.5. The van der Waals surface area contributed by atoms with E-state index in [1.54, 1.807) is 0 Å². The molecule has 3 aliphatic rings. The maximum Gasteiger partial charge on any atom is 0.240 e. The van der Waals surface area contributed by atoms with E-state index in [2.05, 4.69) is 34.5 Å². The van der Waals surface area contributed by atoms with Gasteiger partial charge in [-0.25, -0.2) is 0 Å². The Kier molecular flexibility index (Phi) is 5.76. The third kappa shape index (κ3) is 4.12. The lowest BCUT2D eigenvalue weighted by atomic mass is 9.81. The molecule has 2 saturated heterocycles. The number of nitrogens with one attached hydrogen (secondary N) is 1. The lowest BCUT2D eigenvalue weighted by Crippen LogP contribution is -2.48. The van der Waals surface area contributed by atoms with Crippen LogP contribution in [0.2, 0.25) is 0 Å². The quantitative estimate of drug-likeness (QED) is 0.789. The average molecular weight is 383 g/mol. The van der Waals surface area contributed by atoms with Gasteiger partial charge in [0.25, 0.3) is 0 Å². The van der Waals surface area contributed by atoms with Gasteiger partial charge in [0.15, 0.2) is 0 Å². The molecule has 1 aliphatic carbocycles. The summed E-state index contributed by atoms with van der Waals surface area (Å²) >= 11 is 0. The van der Waals surface area contributed by atoms with Gasteiger partial charge < -0.3 is 5.32 Å². The number of hydrogen-bond acceptors (Lipinski definition) is 4. The zero-order chi connectivity index (χ0) is 19.5. The smallest absolute Gasteiger partial charge is 0.240 e. The number of likely N-dealkylation sites (tertiary alicyclic amines) is 2. The molecule has 2 heterocycles. The number of piperidine rings is 1. The van der Waals surface area contributed by atoms with E-state index < -0.39 is 0 Å². The van der Waals surface area contributed by atoms with Crippen molar-refractivity contribution < 1.29 is 14.4 Å². The third-order valence-electron chi connectivity index (χ3n) is 6.44. The zero-order valence-electron chi connectivity index (χ0n) is 16.3. The number of carbonyl (C=O) groups is 3. The van der Waals surface area contributed by atoms with E-state index in [1.807, 2.05) is 6.07 Å². The van der Waals surface area contributed by atoms with E-state index >= 15 is 0 Å². The molecule has 28 heavy (non-hydrogen) atoms. The highest BCUT2D eigenvalue weighted by molar-refractivity contribution is 6.07. The van der Waals surface area contributed by atoms with Crippen LogP contribution in [0.4, 0.5) is 0 Å². The molecular weight excluding hydrogens is 354 g/mol. The maximum absolute atomic E-state index is 12.5. The van der Waals surface area contributed by atoms with Crippen LogP contribution in [-0.2, 0) is 20.9 Å². The number of amides is 3. The summed E-state index contributed by atoms with van der Waals surface area (Å²) in [5, 5.41) is 3.04. The Balaban J connectivity index is 1.24. The summed E-state index contributed by atoms with van der Waals surface area (Å²) in [6, 6.07) is 10.5. The van der Waals surface area contributed by atoms with Gasteiger partial charge in [-0.1, -0.05) is 43.2 Å². The molecule has 1 aromatic carbocycles. The van der Waals surface area contributed by atoms with E-state index in [0.29, 0.717) is 0 Å². The standard InChI is InChI=1S/C22H29N3O3/c26-20(15-25-21(27)18-8-4-5-9-19(18)22(25)28)23-17-10-12-24(13-11-17)14-16-6-2-1-3-7-16/h1-3,6-7,17-19H,4-5,8-15H2,(H,23,26)/t18-,19-/m0/s1. The van der Waals surface area contributed by atoms with Gasteiger partial charge in [-0.15, -0.1) is 0 Å². The van der Waals surface area contributed by atoms with E-state index in [0.717, 1.165) is 58.2 Å². The minimum atomic E-state index is -0.207. The molecular formula is C22H29N3O3. The van der Waals surface area contributed by atoms with Crippen LogP contribution in [-0.4, -0.2) is 53.2 Å². The van der Waals surface area contributed by atoms with Crippen LogP contribution in [0, 0.1) is 11.8 Å². The lowest BCUT2D eigenvalue weighted by Gasteiger charge is -2.32. The predicted molar refractivity (Wildman–Crippen MR) is 105 cm³/mol. The van der Waals surface area contributed by atoms with Crippen molar-refractivity contribution in [3.8, 4) is 0 Å². The van der Waals surface area contributed by atoms with Crippen molar-refractivity contribution >= 4 is 17.7 Å². The minimum Gasteiger partial charge on any atom is -0.352 e. The summed E-state index contributed by atoms with van der Waals surface area (Å²) in [6.45, 7) is 2.69. The largest absolute Gasteiger partial charge is 0.352 e. The molecule has 2 atom stereocenters. The molecule has 0 radical (unpaired) electrons. The number of rotatable bonds is 5. The van der Waals surface area contributed by atoms with Gasteiger partial charge in [0.2, 0.25) is 17.7 Å². The fraction of sp³-hybridized carbons (Fsp3) is 0.591. The van der Waals surface area contributed by atoms with Gasteiger partial charge in [0.1, 0.15) is 6.54 Å². The summed E-state index contributed by atoms with van der Waals surface area (Å²) in [4.78, 5) is 41.1. The highest BCUT2D eigenvalue weighted by Crippen LogP contribution is 2.37. The van der Waals surface area contributed by atoms with E-state index in [4.69, 9.17) is 0 Å². The molecule has 1 N–H and O–H groups in total. The topological polar surface area (TPSA) is 69.7 Å². The number of fused-ring (bicyclic) bond motifs is 1. The third-order valence-corrected chi connectivity index (χ3v) is 6.44. The Morgan fingerprint density at radius 1 is 0.929 bits per heavy atom. The minimum absolute atomic E-state index is 0.116. The number of carbonyl (C=O) groups excluding carboxylic acids is 3. The van der Waals surface area contributed by atoms with E-state index in [1.165, 1.54) is 10.5 Å². The lowest BCUT2D eigenvalue weighted by molar-refractivity contribution is -0.143. The molecule has 6 heteroatoms. The molecule has 3 fully saturated rings. The summed E-state index contributed by atoms with van der Waals surface area (Å²) < 4.78 is 0. The SMILES string of the molecule is O=C(CN1C(=O)[C@H]2CCCC[C@@H]2C1=O)NC1CCN(Cc2ccccc2)CC1. The second-order valence-corrected chi connectivity index (χ2v) is 8.36. The van der Waals surface area contributed by atoms with Crippen LogP contribution in [0.1, 0.15) is 44.1 Å². The summed E-state index contributed by atoms with van der Waals surface area (Å²) in [5.41, 5.74) is 1.30. The summed E-state index contributed by atoms with van der Waals surface area (Å²) in [6.07, 6.45) is 5.36. The van der Waals surface area contributed by atoms with Crippen molar-refractivity contribution in [1.29, 1.82) is 0 Å². The molecule has 0 aromatic heterocycles. The molecule has 4 rings (SSSR count). The van der Waals surface area contributed by atoms with Gasteiger partial charge >= 0.3 is 0 Å². The molecule has 6 nitrogen and oxygen atoms in total. The van der Waals surface area contributed by atoms with Crippen LogP contribution in [0.25, 0.3) is 0 Å². The van der Waals surface area contributed by atoms with Crippen molar-refractivity contribution in [2.45, 2.75) is 51.1 Å². The number of imide groups is 1. The molecule has 1 saturated carbocycles. The van der Waals surface area contributed by atoms with E-state index in [-0.39, 0.29) is 42.1 Å². The van der Waals surface area contributed by atoms with Crippen LogP contribution >= 0.6 is 0 Å². The van der Waals surface area contributed by atoms with Crippen LogP contribution in [0.15, 0.2) is 30.3 Å². The Bertz CT molecular complexity index is 704. The normalized spacial score (nSPS) is 26.4. The van der Waals surface area contributed by atoms with Crippen molar-refractivity contribution in [3.05, 3.63) is 35.9 Å². The van der Waals surface area contributed by atoms with E-state index in [9.17, 15) is 14.4 Å². The van der Waals surface area contributed by atoms with Crippen molar-refractivity contribution in [2.24, 2.45) is 11.8 Å². The Morgan fingerprint density at radius 3 is 2.14 bits per heavy atom. The molecule has 0 bridgehead atoms. The Labute approximate surface area is 166 Å². The Hall–Kier alpha value is -2.21. The number of hydrogen-bond donors (Lipinski definition) is 1. The van der Waals surface area contributed by atoms with Gasteiger partial charge in [0.05, 0.1) is 11.8 Å². The molecule has 0 unspecified atom stereocenters. The van der Waals surface area contributed by atoms with Gasteiger partial charge in [-0.2, -0.15) is 0 Å². The molecule has 1 aromatic rings. The molecule has 2 aliphatic heterocycles. The van der Waals surface area contributed by atoms with Crippen LogP contribution < -0.4 is 5.32 Å². The fourth-order valence-electron chi connectivity index (χ4n) is 4.88. The van der Waals surface area contributed by atoms with Gasteiger partial charge in [0, 0.05) is 25.7 Å². The molecule has 0 spiro atoms. The Morgan fingerprint density at radius 2 is 1.54 bits per heavy atom.